The fourth-order valence-corrected chi connectivity index (χ4v) is 2.95. The van der Waals surface area contributed by atoms with Gasteiger partial charge in [-0.2, -0.15) is 0 Å². The largest absolute Gasteiger partial charge is 0.477 e. The van der Waals surface area contributed by atoms with Gasteiger partial charge in [-0.05, 0) is 18.6 Å². The summed E-state index contributed by atoms with van der Waals surface area (Å²) in [5.74, 6) is -0.496. The van der Waals surface area contributed by atoms with Gasteiger partial charge in [0.2, 0.25) is 0 Å². The molecule has 2 heterocycles. The number of methoxy groups -OCH3 is 1. The molecular formula is C16H18N2O3. The zero-order valence-corrected chi connectivity index (χ0v) is 12.0. The number of nitrogens with zero attached hydrogens (tertiary/aromatic N) is 2. The lowest BCUT2D eigenvalue weighted by atomic mass is 10.1. The molecule has 0 amide bonds. The van der Waals surface area contributed by atoms with Crippen molar-refractivity contribution in [2.75, 3.05) is 31.7 Å². The van der Waals surface area contributed by atoms with E-state index in [9.17, 15) is 9.90 Å². The molecule has 1 aromatic heterocycles. The van der Waals surface area contributed by atoms with Crippen LogP contribution in [0.5, 0.6) is 0 Å². The van der Waals surface area contributed by atoms with Crippen LogP contribution in [0.2, 0.25) is 0 Å². The number of rotatable bonds is 4. The second kappa shape index (κ2) is 5.69. The van der Waals surface area contributed by atoms with Gasteiger partial charge in [0, 0.05) is 37.2 Å². The van der Waals surface area contributed by atoms with E-state index in [1.165, 1.54) is 0 Å². The highest BCUT2D eigenvalue weighted by Gasteiger charge is 2.25. The van der Waals surface area contributed by atoms with E-state index in [-0.39, 0.29) is 5.69 Å². The molecule has 21 heavy (non-hydrogen) atoms. The SMILES string of the molecule is COCC1CCN(c2cc(C(=O)O)nc3ccccc23)C1. The van der Waals surface area contributed by atoms with E-state index >= 15 is 0 Å². The number of fused-ring (bicyclic) bond motifs is 1. The third-order valence-corrected chi connectivity index (χ3v) is 3.94. The molecule has 0 aliphatic carbocycles. The quantitative estimate of drug-likeness (QED) is 0.935. The molecule has 0 radical (unpaired) electrons. The van der Waals surface area contributed by atoms with Crippen molar-refractivity contribution in [3.8, 4) is 0 Å². The van der Waals surface area contributed by atoms with E-state index in [1.807, 2.05) is 24.3 Å². The average Bonchev–Trinajstić information content (AvgIpc) is 2.95. The fraction of sp³-hybridized carbons (Fsp3) is 0.375. The summed E-state index contributed by atoms with van der Waals surface area (Å²) in [5.41, 5.74) is 1.78. The van der Waals surface area contributed by atoms with Gasteiger partial charge in [0.25, 0.3) is 0 Å². The minimum Gasteiger partial charge on any atom is -0.477 e. The van der Waals surface area contributed by atoms with E-state index in [2.05, 4.69) is 9.88 Å². The highest BCUT2D eigenvalue weighted by Crippen LogP contribution is 2.31. The number of para-hydroxylation sites is 1. The molecule has 0 saturated carbocycles. The van der Waals surface area contributed by atoms with Crippen molar-refractivity contribution >= 4 is 22.6 Å². The van der Waals surface area contributed by atoms with Crippen LogP contribution < -0.4 is 4.90 Å². The summed E-state index contributed by atoms with van der Waals surface area (Å²) in [6, 6.07) is 9.36. The number of pyridine rings is 1. The van der Waals surface area contributed by atoms with Crippen LogP contribution in [0, 0.1) is 5.92 Å². The minimum atomic E-state index is -0.991. The molecule has 3 rings (SSSR count). The lowest BCUT2D eigenvalue weighted by molar-refractivity contribution is 0.0691. The van der Waals surface area contributed by atoms with Gasteiger partial charge in [-0.15, -0.1) is 0 Å². The number of aromatic carboxylic acids is 1. The maximum atomic E-state index is 11.3. The van der Waals surface area contributed by atoms with Gasteiger partial charge in [0.15, 0.2) is 5.69 Å². The number of ether oxygens (including phenoxy) is 1. The zero-order chi connectivity index (χ0) is 14.8. The van der Waals surface area contributed by atoms with Crippen LogP contribution in [0.4, 0.5) is 5.69 Å². The second-order valence-electron chi connectivity index (χ2n) is 5.40. The molecule has 0 spiro atoms. The first-order valence-corrected chi connectivity index (χ1v) is 7.06. The predicted octanol–water partition coefficient (Wildman–Crippen LogP) is 2.41. The number of hydrogen-bond acceptors (Lipinski definition) is 4. The molecule has 1 N–H and O–H groups in total. The highest BCUT2D eigenvalue weighted by molar-refractivity contribution is 5.97. The first-order chi connectivity index (χ1) is 10.2. The molecule has 5 nitrogen and oxygen atoms in total. The van der Waals surface area contributed by atoms with E-state index in [1.54, 1.807) is 13.2 Å². The molecule has 1 fully saturated rings. The minimum absolute atomic E-state index is 0.0962. The van der Waals surface area contributed by atoms with Crippen LogP contribution in [-0.4, -0.2) is 42.9 Å². The van der Waals surface area contributed by atoms with Gasteiger partial charge in [-0.25, -0.2) is 9.78 Å². The van der Waals surface area contributed by atoms with E-state index < -0.39 is 5.97 Å². The molecule has 2 aromatic rings. The Morgan fingerprint density at radius 1 is 1.48 bits per heavy atom. The van der Waals surface area contributed by atoms with E-state index in [0.29, 0.717) is 5.92 Å². The lowest BCUT2D eigenvalue weighted by Crippen LogP contribution is -2.22. The summed E-state index contributed by atoms with van der Waals surface area (Å²) in [5, 5.41) is 10.2. The monoisotopic (exact) mass is 286 g/mol. The molecule has 5 heteroatoms. The molecule has 0 bridgehead atoms. The molecular weight excluding hydrogens is 268 g/mol. The summed E-state index contributed by atoms with van der Waals surface area (Å²) in [6.07, 6.45) is 1.06. The second-order valence-corrected chi connectivity index (χ2v) is 5.40. The Hall–Kier alpha value is -2.14. The number of carboxylic acid groups (broad SMARTS) is 1. The number of aromatic nitrogens is 1. The number of carboxylic acids is 1. The predicted molar refractivity (Wildman–Crippen MR) is 80.9 cm³/mol. The fourth-order valence-electron chi connectivity index (χ4n) is 2.95. The van der Waals surface area contributed by atoms with Crippen molar-refractivity contribution in [1.82, 2.24) is 4.98 Å². The van der Waals surface area contributed by atoms with Crippen molar-refractivity contribution in [3.05, 3.63) is 36.0 Å². The van der Waals surface area contributed by atoms with Crippen molar-refractivity contribution in [2.24, 2.45) is 5.92 Å². The normalized spacial score (nSPS) is 18.3. The van der Waals surface area contributed by atoms with Gasteiger partial charge >= 0.3 is 5.97 Å². The topological polar surface area (TPSA) is 62.7 Å². The van der Waals surface area contributed by atoms with Crippen molar-refractivity contribution in [3.63, 3.8) is 0 Å². The van der Waals surface area contributed by atoms with Crippen LogP contribution in [-0.2, 0) is 4.74 Å². The van der Waals surface area contributed by atoms with Gasteiger partial charge in [0.05, 0.1) is 12.1 Å². The molecule has 1 aliphatic heterocycles. The standard InChI is InChI=1S/C16H18N2O3/c1-21-10-11-6-7-18(9-11)15-8-14(16(19)20)17-13-5-3-2-4-12(13)15/h2-5,8,11H,6-7,9-10H2,1H3,(H,19,20). The summed E-state index contributed by atoms with van der Waals surface area (Å²) >= 11 is 0. The van der Waals surface area contributed by atoms with Crippen LogP contribution in [0.1, 0.15) is 16.9 Å². The van der Waals surface area contributed by atoms with Gasteiger partial charge in [-0.1, -0.05) is 18.2 Å². The molecule has 1 unspecified atom stereocenters. The first kappa shape index (κ1) is 13.8. The van der Waals surface area contributed by atoms with Gasteiger partial charge in [-0.3, -0.25) is 0 Å². The van der Waals surface area contributed by atoms with Crippen molar-refractivity contribution in [1.29, 1.82) is 0 Å². The summed E-state index contributed by atoms with van der Waals surface area (Å²) in [4.78, 5) is 17.7. The summed E-state index contributed by atoms with van der Waals surface area (Å²) in [7, 11) is 1.72. The molecule has 110 valence electrons. The molecule has 1 aromatic carbocycles. The number of carbonyl (C=O) groups is 1. The summed E-state index contributed by atoms with van der Waals surface area (Å²) in [6.45, 7) is 2.55. The third-order valence-electron chi connectivity index (χ3n) is 3.94. The highest BCUT2D eigenvalue weighted by atomic mass is 16.5. The van der Waals surface area contributed by atoms with Crippen LogP contribution in [0.3, 0.4) is 0 Å². The van der Waals surface area contributed by atoms with Crippen LogP contribution in [0.15, 0.2) is 30.3 Å². The molecule has 1 saturated heterocycles. The van der Waals surface area contributed by atoms with Crippen molar-refractivity contribution < 1.29 is 14.6 Å². The number of hydrogen-bond donors (Lipinski definition) is 1. The Balaban J connectivity index is 2.02. The Labute approximate surface area is 123 Å². The smallest absolute Gasteiger partial charge is 0.354 e. The Bertz CT molecular complexity index is 672. The van der Waals surface area contributed by atoms with E-state index in [0.717, 1.165) is 42.7 Å². The zero-order valence-electron chi connectivity index (χ0n) is 12.0. The average molecular weight is 286 g/mol. The number of benzene rings is 1. The lowest BCUT2D eigenvalue weighted by Gasteiger charge is -2.21. The van der Waals surface area contributed by atoms with Gasteiger partial charge < -0.3 is 14.7 Å². The first-order valence-electron chi connectivity index (χ1n) is 7.06. The third kappa shape index (κ3) is 2.69. The Kier molecular flexibility index (Phi) is 3.75. The van der Waals surface area contributed by atoms with Crippen LogP contribution >= 0.6 is 0 Å². The summed E-state index contributed by atoms with van der Waals surface area (Å²) < 4.78 is 5.23. The van der Waals surface area contributed by atoms with Gasteiger partial charge in [0.1, 0.15) is 0 Å². The molecule has 1 aliphatic rings. The van der Waals surface area contributed by atoms with Crippen LogP contribution in [0.25, 0.3) is 10.9 Å². The van der Waals surface area contributed by atoms with E-state index in [4.69, 9.17) is 4.74 Å². The number of anilines is 1. The maximum Gasteiger partial charge on any atom is 0.354 e. The Morgan fingerprint density at radius 3 is 3.05 bits per heavy atom. The van der Waals surface area contributed by atoms with Crippen molar-refractivity contribution in [2.45, 2.75) is 6.42 Å². The Morgan fingerprint density at radius 2 is 2.29 bits per heavy atom. The maximum absolute atomic E-state index is 11.3. The molecule has 1 atom stereocenters.